The Balaban J connectivity index is 1.26. The average Bonchev–Trinajstić information content (AvgIpc) is 3.60. The summed E-state index contributed by atoms with van der Waals surface area (Å²) >= 11 is 1.09. The summed E-state index contributed by atoms with van der Waals surface area (Å²) in [6.45, 7) is 0. The molecule has 0 aromatic carbocycles. The number of H-pyrrole nitrogens is 2. The lowest BCUT2D eigenvalue weighted by Gasteiger charge is -2.24. The van der Waals surface area contributed by atoms with Gasteiger partial charge in [0.05, 0.1) is 40.5 Å². The molecule has 1 saturated carbocycles. The highest BCUT2D eigenvalue weighted by molar-refractivity contribution is 7.14. The molecule has 0 saturated heterocycles. The van der Waals surface area contributed by atoms with E-state index in [-0.39, 0.29) is 17.0 Å². The molecule has 0 aliphatic heterocycles. The lowest BCUT2D eigenvalue weighted by atomic mass is 9.85. The molecule has 7 rings (SSSR count). The average molecular weight is 510 g/mol. The molecule has 37 heavy (non-hydrogen) atoms. The fourth-order valence-corrected chi connectivity index (χ4v) is 5.40. The maximum atomic E-state index is 13.7. The first kappa shape index (κ1) is 21.8. The third-order valence-electron chi connectivity index (χ3n) is 6.82. The molecule has 10 heteroatoms. The molecule has 8 nitrogen and oxygen atoms in total. The molecule has 0 atom stereocenters. The van der Waals surface area contributed by atoms with Gasteiger partial charge in [0.2, 0.25) is 5.91 Å². The van der Waals surface area contributed by atoms with E-state index < -0.39 is 0 Å². The lowest BCUT2D eigenvalue weighted by molar-refractivity contribution is -0.122. The van der Waals surface area contributed by atoms with Gasteiger partial charge in [-0.15, -0.1) is 11.3 Å². The van der Waals surface area contributed by atoms with E-state index in [0.717, 1.165) is 74.4 Å². The van der Waals surface area contributed by atoms with E-state index in [4.69, 9.17) is 4.98 Å². The highest BCUT2D eigenvalue weighted by Crippen LogP contribution is 2.36. The predicted molar refractivity (Wildman–Crippen MR) is 141 cm³/mol. The fraction of sp³-hybridized carbons (Fsp3) is 0.148. The smallest absolute Gasteiger partial charge is 0.227 e. The molecule has 1 fully saturated rings. The molecule has 182 valence electrons. The summed E-state index contributed by atoms with van der Waals surface area (Å²) in [5, 5.41) is 11.2. The van der Waals surface area contributed by atoms with Gasteiger partial charge in [-0.05, 0) is 49.2 Å². The number of halogens is 1. The summed E-state index contributed by atoms with van der Waals surface area (Å²) < 4.78 is 13.7. The third-order valence-corrected chi connectivity index (χ3v) is 7.73. The highest BCUT2D eigenvalue weighted by Gasteiger charge is 2.25. The molecular weight excluding hydrogens is 489 g/mol. The van der Waals surface area contributed by atoms with Crippen molar-refractivity contribution in [1.29, 1.82) is 0 Å². The van der Waals surface area contributed by atoms with Crippen LogP contribution in [0, 0.1) is 11.0 Å². The van der Waals surface area contributed by atoms with Gasteiger partial charge in [-0.3, -0.25) is 19.9 Å². The van der Waals surface area contributed by atoms with Crippen LogP contribution in [0.3, 0.4) is 0 Å². The Kier molecular flexibility index (Phi) is 5.07. The van der Waals surface area contributed by atoms with Gasteiger partial charge in [0.15, 0.2) is 5.13 Å². The monoisotopic (exact) mass is 509 g/mol. The van der Waals surface area contributed by atoms with Crippen LogP contribution >= 0.6 is 11.3 Å². The van der Waals surface area contributed by atoms with Crippen molar-refractivity contribution in [2.75, 3.05) is 5.32 Å². The largest absolute Gasteiger partial charge is 0.352 e. The molecule has 1 aliphatic carbocycles. The van der Waals surface area contributed by atoms with Crippen molar-refractivity contribution in [3.63, 3.8) is 0 Å². The van der Waals surface area contributed by atoms with E-state index in [2.05, 4.69) is 30.5 Å². The van der Waals surface area contributed by atoms with Crippen LogP contribution in [0.1, 0.15) is 19.3 Å². The molecular formula is C27H20FN7OS. The van der Waals surface area contributed by atoms with Crippen molar-refractivity contribution in [3.8, 4) is 33.1 Å². The molecule has 3 N–H and O–H groups in total. The molecule has 1 aliphatic rings. The van der Waals surface area contributed by atoms with E-state index in [0.29, 0.717) is 16.9 Å². The molecule has 1 amide bonds. The van der Waals surface area contributed by atoms with E-state index in [1.807, 2.05) is 24.3 Å². The van der Waals surface area contributed by atoms with Crippen LogP contribution in [-0.2, 0) is 4.79 Å². The summed E-state index contributed by atoms with van der Waals surface area (Å²) in [6, 6.07) is 10.9. The second-order valence-corrected chi connectivity index (χ2v) is 10.2. The quantitative estimate of drug-likeness (QED) is 0.257. The van der Waals surface area contributed by atoms with Crippen molar-refractivity contribution in [3.05, 3.63) is 66.3 Å². The minimum absolute atomic E-state index is 0.0451. The fourth-order valence-electron chi connectivity index (χ4n) is 4.64. The van der Waals surface area contributed by atoms with Gasteiger partial charge >= 0.3 is 0 Å². The summed E-state index contributed by atoms with van der Waals surface area (Å²) in [6.07, 6.45) is 9.86. The number of rotatable bonds is 5. The normalized spacial score (nSPS) is 13.8. The zero-order valence-electron chi connectivity index (χ0n) is 19.5. The Bertz CT molecular complexity index is 1800. The summed E-state index contributed by atoms with van der Waals surface area (Å²) in [5.74, 6) is 0.140. The first-order valence-electron chi connectivity index (χ1n) is 12.0. The third kappa shape index (κ3) is 3.86. The van der Waals surface area contributed by atoms with E-state index in [1.54, 1.807) is 30.9 Å². The number of amides is 1. The van der Waals surface area contributed by atoms with Crippen LogP contribution in [0.25, 0.3) is 55.0 Å². The van der Waals surface area contributed by atoms with Crippen molar-refractivity contribution < 1.29 is 9.18 Å². The van der Waals surface area contributed by atoms with Crippen LogP contribution < -0.4 is 5.32 Å². The maximum absolute atomic E-state index is 13.7. The van der Waals surface area contributed by atoms with Crippen molar-refractivity contribution in [1.82, 2.24) is 30.1 Å². The van der Waals surface area contributed by atoms with E-state index >= 15 is 0 Å². The Morgan fingerprint density at radius 1 is 1.03 bits per heavy atom. The van der Waals surface area contributed by atoms with E-state index in [9.17, 15) is 9.18 Å². The van der Waals surface area contributed by atoms with Gasteiger partial charge in [-0.25, -0.2) is 4.98 Å². The van der Waals surface area contributed by atoms with Gasteiger partial charge in [0, 0.05) is 39.7 Å². The second-order valence-electron chi connectivity index (χ2n) is 9.18. The number of nitrogens with one attached hydrogen (secondary N) is 3. The van der Waals surface area contributed by atoms with Crippen LogP contribution in [0.15, 0.2) is 61.2 Å². The Morgan fingerprint density at radius 2 is 1.92 bits per heavy atom. The molecule has 6 aromatic heterocycles. The summed E-state index contributed by atoms with van der Waals surface area (Å²) in [4.78, 5) is 30.1. The number of aromatic amines is 2. The minimum atomic E-state index is -0.237. The number of carbonyl (C=O) groups is 1. The Hall–Kier alpha value is -4.44. The zero-order valence-corrected chi connectivity index (χ0v) is 20.3. The number of carbonyl (C=O) groups excluding carboxylic acids is 1. The number of pyridine rings is 3. The standard InChI is InChI=1S/C27H20FN7OS/c28-24-7-6-23(37-24)18-12-30-13-22-17(18)9-21(32-22)26-25-20(34-35-26)5-4-19(33-25)15-8-16(11-29-10-15)31-27(36)14-2-1-3-14/h4-14,32H,1-3H2,(H,31,36)(H,34,35). The minimum Gasteiger partial charge on any atom is -0.352 e. The summed E-state index contributed by atoms with van der Waals surface area (Å²) in [7, 11) is 0. The van der Waals surface area contributed by atoms with Crippen LogP contribution in [0.4, 0.5) is 10.1 Å². The maximum Gasteiger partial charge on any atom is 0.227 e. The number of fused-ring (bicyclic) bond motifs is 2. The Morgan fingerprint density at radius 3 is 2.73 bits per heavy atom. The molecule has 0 spiro atoms. The van der Waals surface area contributed by atoms with E-state index in [1.165, 1.54) is 6.07 Å². The number of hydrogen-bond acceptors (Lipinski definition) is 6. The second kappa shape index (κ2) is 8.59. The van der Waals surface area contributed by atoms with Crippen molar-refractivity contribution >= 4 is 44.9 Å². The SMILES string of the molecule is O=C(Nc1cncc(-c2ccc3[nH]nc(-c4cc5c(-c6ccc(F)s6)cncc5[nH]4)c3n2)c1)C1CCC1. The molecule has 6 heterocycles. The molecule has 6 aromatic rings. The molecule has 0 bridgehead atoms. The van der Waals surface area contributed by atoms with Crippen LogP contribution in [0.2, 0.25) is 0 Å². The van der Waals surface area contributed by atoms with Crippen LogP contribution in [-0.4, -0.2) is 36.0 Å². The molecule has 0 radical (unpaired) electrons. The van der Waals surface area contributed by atoms with Gasteiger partial charge in [0.25, 0.3) is 0 Å². The first-order valence-corrected chi connectivity index (χ1v) is 12.8. The van der Waals surface area contributed by atoms with Gasteiger partial charge in [-0.2, -0.15) is 9.49 Å². The highest BCUT2D eigenvalue weighted by atomic mass is 32.1. The summed E-state index contributed by atoms with van der Waals surface area (Å²) in [5.41, 5.74) is 6.78. The van der Waals surface area contributed by atoms with Crippen LogP contribution in [0.5, 0.6) is 0 Å². The van der Waals surface area contributed by atoms with Gasteiger partial charge in [-0.1, -0.05) is 6.42 Å². The van der Waals surface area contributed by atoms with Gasteiger partial charge in [0.1, 0.15) is 11.2 Å². The lowest BCUT2D eigenvalue weighted by Crippen LogP contribution is -2.28. The number of hydrogen-bond donors (Lipinski definition) is 3. The van der Waals surface area contributed by atoms with Crippen molar-refractivity contribution in [2.45, 2.75) is 19.3 Å². The zero-order chi connectivity index (χ0) is 24.9. The van der Waals surface area contributed by atoms with Gasteiger partial charge < -0.3 is 10.3 Å². The molecule has 0 unspecified atom stereocenters. The predicted octanol–water partition coefficient (Wildman–Crippen LogP) is 6.17. The van der Waals surface area contributed by atoms with Crippen molar-refractivity contribution in [2.24, 2.45) is 5.92 Å². The first-order chi connectivity index (χ1) is 18.1. The topological polar surface area (TPSA) is 112 Å². The Labute approximate surface area is 214 Å². The number of anilines is 1. The number of aromatic nitrogens is 6. The number of nitrogens with zero attached hydrogens (tertiary/aromatic N) is 4. The number of thiophene rings is 1.